The number of allylic oxidation sites excluding steroid dienone is 1. The molecule has 4 heteroatoms. The fourth-order valence-electron chi connectivity index (χ4n) is 2.39. The monoisotopic (exact) mass is 422 g/mol. The lowest BCUT2D eigenvalue weighted by Crippen LogP contribution is -2.46. The van der Waals surface area contributed by atoms with E-state index in [1.54, 1.807) is 7.11 Å². The van der Waals surface area contributed by atoms with E-state index in [1.807, 2.05) is 0 Å². The average molecular weight is 424 g/mol. The van der Waals surface area contributed by atoms with Gasteiger partial charge in [-0.05, 0) is 54.3 Å². The summed E-state index contributed by atoms with van der Waals surface area (Å²) in [6, 6.07) is 0. The van der Waals surface area contributed by atoms with Crippen LogP contribution in [0.15, 0.2) is 22.4 Å². The molecule has 2 nitrogen and oxygen atoms in total. The van der Waals surface area contributed by atoms with Crippen LogP contribution in [0.5, 0.6) is 0 Å². The van der Waals surface area contributed by atoms with Gasteiger partial charge in [-0.1, -0.05) is 49.0 Å². The topological polar surface area (TPSA) is 18.5 Å². The normalized spacial score (nSPS) is 30.6. The van der Waals surface area contributed by atoms with Gasteiger partial charge in [-0.3, -0.25) is 0 Å². The molecule has 0 fully saturated rings. The summed E-state index contributed by atoms with van der Waals surface area (Å²) in [4.78, 5) is 0. The highest BCUT2D eigenvalue weighted by Gasteiger charge is 2.44. The molecule has 122 valence electrons. The van der Waals surface area contributed by atoms with Gasteiger partial charge in [0.15, 0.2) is 0 Å². The molecule has 1 aliphatic rings. The summed E-state index contributed by atoms with van der Waals surface area (Å²) in [5, 5.41) is 0. The third-order valence-corrected chi connectivity index (χ3v) is 6.09. The van der Waals surface area contributed by atoms with E-state index in [1.165, 1.54) is 19.3 Å². The maximum Gasteiger partial charge on any atom is 0.130 e. The maximum atomic E-state index is 6.08. The van der Waals surface area contributed by atoms with Crippen LogP contribution in [0, 0.1) is 5.92 Å². The first-order chi connectivity index (χ1) is 9.79. The molecule has 21 heavy (non-hydrogen) atoms. The van der Waals surface area contributed by atoms with Crippen molar-refractivity contribution < 1.29 is 9.47 Å². The van der Waals surface area contributed by atoms with E-state index in [9.17, 15) is 0 Å². The van der Waals surface area contributed by atoms with Gasteiger partial charge in [-0.15, -0.1) is 0 Å². The second-order valence-corrected chi connectivity index (χ2v) is 8.62. The van der Waals surface area contributed by atoms with E-state index >= 15 is 0 Å². The molecule has 0 aliphatic heterocycles. The quantitative estimate of drug-likeness (QED) is 0.448. The van der Waals surface area contributed by atoms with Crippen LogP contribution in [-0.2, 0) is 9.47 Å². The Morgan fingerprint density at radius 2 is 1.90 bits per heavy atom. The fraction of sp³-hybridized carbons (Fsp3) is 0.765. The smallest absolute Gasteiger partial charge is 0.130 e. The second-order valence-electron chi connectivity index (χ2n) is 6.12. The lowest BCUT2D eigenvalue weighted by atomic mass is 9.86. The molecule has 0 aromatic carbocycles. The van der Waals surface area contributed by atoms with Crippen LogP contribution in [0.4, 0.5) is 0 Å². The first-order valence-electron chi connectivity index (χ1n) is 7.78. The van der Waals surface area contributed by atoms with Gasteiger partial charge in [-0.2, -0.15) is 0 Å². The molecule has 0 spiro atoms. The van der Waals surface area contributed by atoms with Crippen molar-refractivity contribution in [2.24, 2.45) is 5.92 Å². The summed E-state index contributed by atoms with van der Waals surface area (Å²) in [6.45, 7) is 9.41. The predicted molar refractivity (Wildman–Crippen MR) is 97.1 cm³/mol. The summed E-state index contributed by atoms with van der Waals surface area (Å²) in [5.41, 5.74) is -0.398. The van der Waals surface area contributed by atoms with Crippen molar-refractivity contribution in [3.05, 3.63) is 22.4 Å². The van der Waals surface area contributed by atoms with Gasteiger partial charge >= 0.3 is 0 Å². The van der Waals surface area contributed by atoms with Crippen LogP contribution < -0.4 is 0 Å². The van der Waals surface area contributed by atoms with Crippen LogP contribution in [0.2, 0.25) is 0 Å². The number of alkyl halides is 1. The number of hydrogen-bond acceptors (Lipinski definition) is 2. The van der Waals surface area contributed by atoms with Crippen molar-refractivity contribution >= 4 is 31.9 Å². The molecule has 1 aliphatic carbocycles. The van der Waals surface area contributed by atoms with Crippen molar-refractivity contribution in [3.63, 3.8) is 0 Å². The molecular formula is C17H28Br2O2. The predicted octanol–water partition coefficient (Wildman–Crippen LogP) is 5.95. The number of methoxy groups -OCH3 is 1. The Hall–Kier alpha value is 0.200. The van der Waals surface area contributed by atoms with Crippen LogP contribution in [0.25, 0.3) is 0 Å². The molecular weight excluding hydrogens is 396 g/mol. The largest absolute Gasteiger partial charge is 0.492 e. The fourth-order valence-corrected chi connectivity index (χ4v) is 3.54. The second kappa shape index (κ2) is 8.16. The average Bonchev–Trinajstić information content (AvgIpc) is 2.44. The standard InChI is InChI=1S/C17H28Br2O2/c1-6-8-9-13(7-2)12-21-15-11-16(3,19)17(4,20-5)10-14(15)18/h10-11,13H,6-9,12H2,1-5H3. The Labute approximate surface area is 146 Å². The number of unbranched alkanes of at least 4 members (excludes halogenated alkanes) is 1. The molecule has 3 atom stereocenters. The summed E-state index contributed by atoms with van der Waals surface area (Å²) >= 11 is 7.38. The Kier molecular flexibility index (Phi) is 7.48. The lowest BCUT2D eigenvalue weighted by Gasteiger charge is -2.40. The minimum atomic E-state index is -0.398. The zero-order valence-electron chi connectivity index (χ0n) is 13.8. The van der Waals surface area contributed by atoms with E-state index in [2.05, 4.69) is 71.7 Å². The van der Waals surface area contributed by atoms with E-state index in [0.717, 1.165) is 23.3 Å². The SMILES string of the molecule is CCCCC(CC)COC1=CC(C)(Br)C(C)(OC)C=C1Br. The summed E-state index contributed by atoms with van der Waals surface area (Å²) in [5.74, 6) is 1.53. The minimum absolute atomic E-state index is 0.285. The van der Waals surface area contributed by atoms with Gasteiger partial charge in [0, 0.05) is 7.11 Å². The van der Waals surface area contributed by atoms with Crippen molar-refractivity contribution in [2.75, 3.05) is 13.7 Å². The van der Waals surface area contributed by atoms with Crippen LogP contribution >= 0.6 is 31.9 Å². The van der Waals surface area contributed by atoms with Gasteiger partial charge < -0.3 is 9.47 Å². The number of halogens is 2. The third-order valence-electron chi connectivity index (χ3n) is 4.45. The summed E-state index contributed by atoms with van der Waals surface area (Å²) < 4.78 is 12.4. The molecule has 0 aromatic heterocycles. The summed E-state index contributed by atoms with van der Waals surface area (Å²) in [7, 11) is 1.73. The zero-order valence-corrected chi connectivity index (χ0v) is 17.0. The molecule has 0 saturated heterocycles. The van der Waals surface area contributed by atoms with Gasteiger partial charge in [-0.25, -0.2) is 0 Å². The molecule has 3 unspecified atom stereocenters. The van der Waals surface area contributed by atoms with Crippen molar-refractivity contribution in [1.82, 2.24) is 0 Å². The molecule has 0 radical (unpaired) electrons. The Morgan fingerprint density at radius 1 is 1.24 bits per heavy atom. The first kappa shape index (κ1) is 19.2. The maximum absolute atomic E-state index is 6.08. The Balaban J connectivity index is 2.74. The molecule has 1 rings (SSSR count). The van der Waals surface area contributed by atoms with Crippen molar-refractivity contribution in [2.45, 2.75) is 63.3 Å². The van der Waals surface area contributed by atoms with Crippen LogP contribution in [-0.4, -0.2) is 23.6 Å². The lowest BCUT2D eigenvalue weighted by molar-refractivity contribution is 0.0290. The van der Waals surface area contributed by atoms with E-state index in [4.69, 9.17) is 9.47 Å². The Morgan fingerprint density at radius 3 is 2.43 bits per heavy atom. The number of hydrogen-bond donors (Lipinski definition) is 0. The van der Waals surface area contributed by atoms with E-state index < -0.39 is 5.60 Å². The molecule has 0 saturated carbocycles. The minimum Gasteiger partial charge on any atom is -0.492 e. The van der Waals surface area contributed by atoms with E-state index in [-0.39, 0.29) is 4.32 Å². The van der Waals surface area contributed by atoms with Gasteiger partial charge in [0.05, 0.1) is 15.4 Å². The Bertz CT molecular complexity index is 402. The zero-order chi connectivity index (χ0) is 16.1. The van der Waals surface area contributed by atoms with Gasteiger partial charge in [0.1, 0.15) is 11.4 Å². The number of ether oxygens (including phenoxy) is 2. The summed E-state index contributed by atoms with van der Waals surface area (Å²) in [6.07, 6.45) is 9.10. The highest BCUT2D eigenvalue weighted by molar-refractivity contribution is 9.12. The van der Waals surface area contributed by atoms with Crippen LogP contribution in [0.1, 0.15) is 53.4 Å². The molecule has 0 aromatic rings. The highest BCUT2D eigenvalue weighted by Crippen LogP contribution is 2.44. The van der Waals surface area contributed by atoms with Gasteiger partial charge in [0.25, 0.3) is 0 Å². The van der Waals surface area contributed by atoms with Crippen molar-refractivity contribution in [1.29, 1.82) is 0 Å². The molecule has 0 N–H and O–H groups in total. The van der Waals surface area contributed by atoms with Crippen molar-refractivity contribution in [3.8, 4) is 0 Å². The number of rotatable bonds is 8. The molecule has 0 heterocycles. The molecule has 0 bridgehead atoms. The highest BCUT2D eigenvalue weighted by atomic mass is 79.9. The van der Waals surface area contributed by atoms with Gasteiger partial charge in [0.2, 0.25) is 0 Å². The van der Waals surface area contributed by atoms with E-state index in [0.29, 0.717) is 5.92 Å². The molecule has 0 amide bonds. The first-order valence-corrected chi connectivity index (χ1v) is 9.36. The third kappa shape index (κ3) is 4.84. The van der Waals surface area contributed by atoms with Crippen LogP contribution in [0.3, 0.4) is 0 Å².